The molecule has 3 rings (SSSR count). The number of amides is 2. The van der Waals surface area contributed by atoms with E-state index in [0.717, 1.165) is 32.4 Å². The molecule has 2 N–H and O–H groups in total. The Kier molecular flexibility index (Phi) is 4.69. The van der Waals surface area contributed by atoms with Crippen LogP contribution in [0.3, 0.4) is 0 Å². The monoisotopic (exact) mass is 317 g/mol. The second-order valence-electron chi connectivity index (χ2n) is 6.28. The van der Waals surface area contributed by atoms with Crippen molar-refractivity contribution in [2.75, 3.05) is 37.7 Å². The van der Waals surface area contributed by atoms with Gasteiger partial charge in [0.2, 0.25) is 0 Å². The van der Waals surface area contributed by atoms with Crippen LogP contribution in [0.15, 0.2) is 24.3 Å². The number of primary amides is 1. The van der Waals surface area contributed by atoms with E-state index in [2.05, 4.69) is 29.2 Å². The number of hydrogen-bond acceptors (Lipinski definition) is 4. The molecule has 0 spiro atoms. The number of piperidine rings is 1. The van der Waals surface area contributed by atoms with Crippen molar-refractivity contribution in [2.45, 2.75) is 19.3 Å². The molecule has 6 nitrogen and oxygen atoms in total. The van der Waals surface area contributed by atoms with Gasteiger partial charge in [0.05, 0.1) is 0 Å². The van der Waals surface area contributed by atoms with Crippen molar-refractivity contribution in [3.63, 3.8) is 0 Å². The number of likely N-dealkylation sites (tertiary alicyclic amines) is 1. The molecule has 6 heteroatoms. The Morgan fingerprint density at radius 1 is 1.17 bits per heavy atom. The number of hydrogen-bond donors (Lipinski definition) is 1. The number of para-hydroxylation sites is 1. The zero-order valence-corrected chi connectivity index (χ0v) is 13.2. The van der Waals surface area contributed by atoms with Crippen LogP contribution in [0.1, 0.15) is 18.4 Å². The Bertz CT molecular complexity index is 582. The summed E-state index contributed by atoms with van der Waals surface area (Å²) in [6.07, 6.45) is 2.61. The third-order valence-corrected chi connectivity index (χ3v) is 4.67. The van der Waals surface area contributed by atoms with E-state index in [-0.39, 0.29) is 6.61 Å². The maximum Gasteiger partial charge on any atom is 0.410 e. The van der Waals surface area contributed by atoms with Crippen LogP contribution in [0, 0.1) is 5.92 Å². The molecule has 0 radical (unpaired) electrons. The van der Waals surface area contributed by atoms with Gasteiger partial charge in [0, 0.05) is 31.9 Å². The minimum Gasteiger partial charge on any atom is -0.439 e. The molecule has 1 aromatic carbocycles. The number of carbonyl (C=O) groups excluding carboxylic acids is 2. The molecule has 0 aliphatic carbocycles. The molecular weight excluding hydrogens is 294 g/mol. The first-order valence-electron chi connectivity index (χ1n) is 8.16. The van der Waals surface area contributed by atoms with Gasteiger partial charge in [-0.2, -0.15) is 0 Å². The SMILES string of the molecule is NC(=O)COC(=O)N1CCC(CN2CCc3ccccc32)CC1. The summed E-state index contributed by atoms with van der Waals surface area (Å²) < 4.78 is 4.86. The van der Waals surface area contributed by atoms with Gasteiger partial charge in [-0.3, -0.25) is 4.79 Å². The van der Waals surface area contributed by atoms with Gasteiger partial charge in [0.15, 0.2) is 6.61 Å². The molecule has 2 aliphatic rings. The fourth-order valence-corrected chi connectivity index (χ4v) is 3.43. The van der Waals surface area contributed by atoms with Crippen LogP contribution in [-0.2, 0) is 16.0 Å². The Morgan fingerprint density at radius 2 is 1.91 bits per heavy atom. The lowest BCUT2D eigenvalue weighted by molar-refractivity contribution is -0.121. The third kappa shape index (κ3) is 3.75. The normalized spacial score (nSPS) is 17.9. The Labute approximate surface area is 136 Å². The molecule has 124 valence electrons. The molecule has 0 unspecified atom stereocenters. The molecule has 23 heavy (non-hydrogen) atoms. The average molecular weight is 317 g/mol. The lowest BCUT2D eigenvalue weighted by Gasteiger charge is -2.34. The van der Waals surface area contributed by atoms with Crippen LogP contribution in [-0.4, -0.2) is 49.7 Å². The highest BCUT2D eigenvalue weighted by atomic mass is 16.6. The summed E-state index contributed by atoms with van der Waals surface area (Å²) in [5, 5.41) is 0. The summed E-state index contributed by atoms with van der Waals surface area (Å²) in [6.45, 7) is 3.14. The number of rotatable bonds is 4. The maximum atomic E-state index is 11.8. The first-order valence-corrected chi connectivity index (χ1v) is 8.16. The maximum absolute atomic E-state index is 11.8. The lowest BCUT2D eigenvalue weighted by Crippen LogP contribution is -2.42. The molecule has 0 aromatic heterocycles. The van der Waals surface area contributed by atoms with Gasteiger partial charge in [-0.25, -0.2) is 4.79 Å². The predicted octanol–water partition coefficient (Wildman–Crippen LogP) is 1.38. The van der Waals surface area contributed by atoms with Crippen molar-refractivity contribution in [1.82, 2.24) is 4.90 Å². The van der Waals surface area contributed by atoms with Crippen molar-refractivity contribution < 1.29 is 14.3 Å². The van der Waals surface area contributed by atoms with Gasteiger partial charge < -0.3 is 20.3 Å². The molecule has 0 atom stereocenters. The number of nitrogens with two attached hydrogens (primary N) is 1. The third-order valence-electron chi connectivity index (χ3n) is 4.67. The Balaban J connectivity index is 1.47. The minimum atomic E-state index is -0.624. The van der Waals surface area contributed by atoms with Crippen molar-refractivity contribution in [3.05, 3.63) is 29.8 Å². The van der Waals surface area contributed by atoms with Gasteiger partial charge in [-0.15, -0.1) is 0 Å². The lowest BCUT2D eigenvalue weighted by atomic mass is 9.96. The topological polar surface area (TPSA) is 75.9 Å². The predicted molar refractivity (Wildman–Crippen MR) is 87.2 cm³/mol. The standard InChI is InChI=1S/C17H23N3O3/c18-16(21)12-23-17(22)19-8-5-13(6-9-19)11-20-10-7-14-3-1-2-4-15(14)20/h1-4,13H,5-12H2,(H2,18,21). The number of fused-ring (bicyclic) bond motifs is 1. The van der Waals surface area contributed by atoms with E-state index in [4.69, 9.17) is 10.5 Å². The molecule has 2 amide bonds. The van der Waals surface area contributed by atoms with Crippen LogP contribution in [0.5, 0.6) is 0 Å². The van der Waals surface area contributed by atoms with Crippen molar-refractivity contribution in [1.29, 1.82) is 0 Å². The van der Waals surface area contributed by atoms with E-state index < -0.39 is 12.0 Å². The van der Waals surface area contributed by atoms with E-state index in [1.165, 1.54) is 11.3 Å². The fourth-order valence-electron chi connectivity index (χ4n) is 3.43. The van der Waals surface area contributed by atoms with Crippen LogP contribution >= 0.6 is 0 Å². The number of benzene rings is 1. The summed E-state index contributed by atoms with van der Waals surface area (Å²) >= 11 is 0. The van der Waals surface area contributed by atoms with Gasteiger partial charge in [-0.1, -0.05) is 18.2 Å². The Hall–Kier alpha value is -2.24. The van der Waals surface area contributed by atoms with Gasteiger partial charge in [-0.05, 0) is 36.8 Å². The molecular formula is C17H23N3O3. The van der Waals surface area contributed by atoms with E-state index >= 15 is 0 Å². The second kappa shape index (κ2) is 6.89. The van der Waals surface area contributed by atoms with Crippen LogP contribution in [0.4, 0.5) is 10.5 Å². The highest BCUT2D eigenvalue weighted by Gasteiger charge is 2.27. The van der Waals surface area contributed by atoms with Crippen molar-refractivity contribution in [2.24, 2.45) is 11.7 Å². The first-order chi connectivity index (χ1) is 11.1. The summed E-state index contributed by atoms with van der Waals surface area (Å²) in [7, 11) is 0. The number of nitrogens with zero attached hydrogens (tertiary/aromatic N) is 2. The fraction of sp³-hybridized carbons (Fsp3) is 0.529. The summed E-state index contributed by atoms with van der Waals surface area (Å²) in [5.74, 6) is -0.0396. The zero-order valence-electron chi connectivity index (χ0n) is 13.2. The van der Waals surface area contributed by atoms with E-state index in [1.54, 1.807) is 4.90 Å². The van der Waals surface area contributed by atoms with Gasteiger partial charge in [0.25, 0.3) is 5.91 Å². The van der Waals surface area contributed by atoms with Gasteiger partial charge >= 0.3 is 6.09 Å². The highest BCUT2D eigenvalue weighted by molar-refractivity contribution is 5.78. The molecule has 2 aliphatic heterocycles. The summed E-state index contributed by atoms with van der Waals surface area (Å²) in [4.78, 5) is 26.6. The van der Waals surface area contributed by atoms with E-state index in [0.29, 0.717) is 19.0 Å². The highest BCUT2D eigenvalue weighted by Crippen LogP contribution is 2.30. The molecule has 1 fully saturated rings. The molecule has 0 bridgehead atoms. The van der Waals surface area contributed by atoms with E-state index in [1.807, 2.05) is 0 Å². The number of carbonyl (C=O) groups is 2. The first kappa shape index (κ1) is 15.6. The van der Waals surface area contributed by atoms with Crippen molar-refractivity contribution >= 4 is 17.7 Å². The smallest absolute Gasteiger partial charge is 0.410 e. The zero-order chi connectivity index (χ0) is 16.2. The molecule has 0 saturated carbocycles. The largest absolute Gasteiger partial charge is 0.439 e. The second-order valence-corrected chi connectivity index (χ2v) is 6.28. The van der Waals surface area contributed by atoms with Gasteiger partial charge in [0.1, 0.15) is 0 Å². The van der Waals surface area contributed by atoms with Crippen LogP contribution in [0.25, 0.3) is 0 Å². The minimum absolute atomic E-state index is 0.344. The Morgan fingerprint density at radius 3 is 2.65 bits per heavy atom. The average Bonchev–Trinajstić information content (AvgIpc) is 2.96. The number of ether oxygens (including phenoxy) is 1. The van der Waals surface area contributed by atoms with Crippen molar-refractivity contribution in [3.8, 4) is 0 Å². The van der Waals surface area contributed by atoms with E-state index in [9.17, 15) is 9.59 Å². The summed E-state index contributed by atoms with van der Waals surface area (Å²) in [6, 6.07) is 8.58. The molecule has 2 heterocycles. The quantitative estimate of drug-likeness (QED) is 0.910. The summed E-state index contributed by atoms with van der Waals surface area (Å²) in [5.41, 5.74) is 7.77. The molecule has 1 aromatic rings. The molecule has 1 saturated heterocycles. The number of anilines is 1. The van der Waals surface area contributed by atoms with Crippen LogP contribution in [0.2, 0.25) is 0 Å². The van der Waals surface area contributed by atoms with Crippen LogP contribution < -0.4 is 10.6 Å².